The quantitative estimate of drug-likeness (QED) is 0.315. The van der Waals surface area contributed by atoms with Crippen LogP contribution >= 0.6 is 0 Å². The highest BCUT2D eigenvalue weighted by Crippen LogP contribution is 1.77. The van der Waals surface area contributed by atoms with Crippen LogP contribution in [-0.4, -0.2) is 25.6 Å². The van der Waals surface area contributed by atoms with Crippen molar-refractivity contribution in [2.24, 2.45) is 5.84 Å². The lowest BCUT2D eigenvalue weighted by Gasteiger charge is -2.11. The van der Waals surface area contributed by atoms with E-state index in [9.17, 15) is 0 Å². The Morgan fingerprint density at radius 3 is 2.62 bits per heavy atom. The summed E-state index contributed by atoms with van der Waals surface area (Å²) in [5, 5.41) is 1.14. The van der Waals surface area contributed by atoms with Gasteiger partial charge in [-0.3, -0.25) is 4.84 Å². The van der Waals surface area contributed by atoms with Crippen molar-refractivity contribution in [2.45, 2.75) is 6.92 Å². The third-order valence-electron chi connectivity index (χ3n) is 0.551. The van der Waals surface area contributed by atoms with Gasteiger partial charge in [-0.1, -0.05) is 0 Å². The van der Waals surface area contributed by atoms with Gasteiger partial charge in [0.15, 0.2) is 0 Å². The number of hydrogen-bond donors (Lipinski definition) is 1. The van der Waals surface area contributed by atoms with E-state index in [2.05, 4.69) is 4.74 Å². The number of hydroxylamine groups is 1. The molecule has 0 aromatic carbocycles. The molecule has 0 fully saturated rings. The Morgan fingerprint density at radius 2 is 2.25 bits per heavy atom. The van der Waals surface area contributed by atoms with Crippen LogP contribution in [0.25, 0.3) is 0 Å². The van der Waals surface area contributed by atoms with Gasteiger partial charge in [0.05, 0.1) is 6.61 Å². The first-order chi connectivity index (χ1) is 3.81. The van der Waals surface area contributed by atoms with Crippen LogP contribution in [-0.2, 0) is 9.57 Å². The van der Waals surface area contributed by atoms with E-state index < -0.39 is 0 Å². The summed E-state index contributed by atoms with van der Waals surface area (Å²) in [7, 11) is 1.55. The summed E-state index contributed by atoms with van der Waals surface area (Å²) in [4.78, 5) is 4.77. The summed E-state index contributed by atoms with van der Waals surface area (Å²) in [5.41, 5.74) is 0. The van der Waals surface area contributed by atoms with Crippen LogP contribution in [0.1, 0.15) is 6.92 Å². The van der Waals surface area contributed by atoms with Gasteiger partial charge in [0, 0.05) is 7.11 Å². The van der Waals surface area contributed by atoms with Crippen LogP contribution < -0.4 is 5.84 Å². The zero-order chi connectivity index (χ0) is 6.41. The first-order valence-corrected chi connectivity index (χ1v) is 2.45. The van der Waals surface area contributed by atoms with Crippen molar-refractivity contribution < 1.29 is 9.57 Å². The van der Waals surface area contributed by atoms with Gasteiger partial charge in [-0.05, 0) is 6.92 Å². The van der Waals surface area contributed by atoms with E-state index in [-0.39, 0.29) is 0 Å². The fourth-order valence-corrected chi connectivity index (χ4v) is 0.330. The number of nitrogens with two attached hydrogens (primary N) is 1. The molecule has 0 aromatic heterocycles. The molecule has 0 spiro atoms. The Hall–Kier alpha value is -0.160. The third-order valence-corrected chi connectivity index (χ3v) is 0.551. The van der Waals surface area contributed by atoms with E-state index in [1.54, 1.807) is 7.11 Å². The van der Waals surface area contributed by atoms with E-state index in [0.717, 1.165) is 5.17 Å². The lowest BCUT2D eigenvalue weighted by molar-refractivity contribution is -0.202. The molecule has 4 heteroatoms. The highest BCUT2D eigenvalue weighted by atomic mass is 16.7. The fraction of sp³-hybridized carbons (Fsp3) is 1.00. The molecule has 0 bridgehead atoms. The van der Waals surface area contributed by atoms with Crippen LogP contribution in [0, 0.1) is 0 Å². The second-order valence-electron chi connectivity index (χ2n) is 1.25. The average Bonchev–Trinajstić information content (AvgIpc) is 1.68. The van der Waals surface area contributed by atoms with E-state index in [4.69, 9.17) is 10.7 Å². The van der Waals surface area contributed by atoms with Crippen molar-refractivity contribution in [1.29, 1.82) is 0 Å². The summed E-state index contributed by atoms with van der Waals surface area (Å²) in [6, 6.07) is 0. The van der Waals surface area contributed by atoms with Crippen molar-refractivity contribution in [3.63, 3.8) is 0 Å². The van der Waals surface area contributed by atoms with Gasteiger partial charge in [-0.15, -0.1) is 5.17 Å². The Balaban J connectivity index is 2.92. The van der Waals surface area contributed by atoms with Crippen LogP contribution in [0.3, 0.4) is 0 Å². The van der Waals surface area contributed by atoms with Crippen molar-refractivity contribution in [2.75, 3.05) is 20.4 Å². The maximum Gasteiger partial charge on any atom is 0.137 e. The largest absolute Gasteiger partial charge is 0.366 e. The molecule has 0 radical (unpaired) electrons. The standard InChI is InChI=1S/C4H12N2O2/c1-3-8-6(5)4-7-2/h3-5H2,1-2H3. The normalized spacial score (nSPS) is 10.5. The number of ether oxygens (including phenoxy) is 1. The molecular weight excluding hydrogens is 108 g/mol. The highest BCUT2D eigenvalue weighted by molar-refractivity contribution is 4.10. The number of methoxy groups -OCH3 is 1. The van der Waals surface area contributed by atoms with E-state index in [0.29, 0.717) is 13.3 Å². The van der Waals surface area contributed by atoms with Crippen LogP contribution in [0.5, 0.6) is 0 Å². The predicted molar refractivity (Wildman–Crippen MR) is 29.5 cm³/mol. The molecule has 0 heterocycles. The summed E-state index contributed by atoms with van der Waals surface area (Å²) in [6.45, 7) is 2.73. The van der Waals surface area contributed by atoms with Crippen molar-refractivity contribution in [3.8, 4) is 0 Å². The van der Waals surface area contributed by atoms with Gasteiger partial charge < -0.3 is 4.74 Å². The molecule has 2 N–H and O–H groups in total. The molecule has 0 unspecified atom stereocenters. The molecule has 0 rings (SSSR count). The Morgan fingerprint density at radius 1 is 1.62 bits per heavy atom. The molecule has 0 saturated carbocycles. The lowest BCUT2D eigenvalue weighted by Crippen LogP contribution is -2.32. The summed E-state index contributed by atoms with van der Waals surface area (Å²) >= 11 is 0. The molecule has 0 aromatic rings. The molecule has 0 amide bonds. The first kappa shape index (κ1) is 7.84. The molecule has 8 heavy (non-hydrogen) atoms. The van der Waals surface area contributed by atoms with Gasteiger partial charge in [-0.2, -0.15) is 0 Å². The maximum absolute atomic E-state index is 5.18. The lowest BCUT2D eigenvalue weighted by atomic mass is 10.9. The van der Waals surface area contributed by atoms with Crippen LogP contribution in [0.2, 0.25) is 0 Å². The molecule has 0 aliphatic heterocycles. The zero-order valence-electron chi connectivity index (χ0n) is 5.26. The number of hydrogen-bond acceptors (Lipinski definition) is 4. The van der Waals surface area contributed by atoms with Crippen LogP contribution in [0.15, 0.2) is 0 Å². The van der Waals surface area contributed by atoms with Crippen molar-refractivity contribution in [3.05, 3.63) is 0 Å². The van der Waals surface area contributed by atoms with Crippen molar-refractivity contribution in [1.82, 2.24) is 5.17 Å². The summed E-state index contributed by atoms with van der Waals surface area (Å²) in [6.07, 6.45) is 0. The van der Waals surface area contributed by atoms with Gasteiger partial charge in [0.2, 0.25) is 0 Å². The topological polar surface area (TPSA) is 47.7 Å². The van der Waals surface area contributed by atoms with Gasteiger partial charge >= 0.3 is 0 Å². The monoisotopic (exact) mass is 120 g/mol. The van der Waals surface area contributed by atoms with Crippen molar-refractivity contribution >= 4 is 0 Å². The Labute approximate surface area is 49.1 Å². The molecule has 4 nitrogen and oxygen atoms in total. The maximum atomic E-state index is 5.18. The van der Waals surface area contributed by atoms with E-state index in [1.807, 2.05) is 6.92 Å². The summed E-state index contributed by atoms with van der Waals surface area (Å²) in [5.74, 6) is 5.18. The molecule has 0 saturated heterocycles. The van der Waals surface area contributed by atoms with Gasteiger partial charge in [0.1, 0.15) is 6.73 Å². The molecule has 0 aliphatic carbocycles. The Bertz CT molecular complexity index is 45.3. The van der Waals surface area contributed by atoms with Gasteiger partial charge in [-0.25, -0.2) is 5.84 Å². The molecular formula is C4H12N2O2. The molecule has 0 aliphatic rings. The minimum Gasteiger partial charge on any atom is -0.366 e. The molecule has 50 valence electrons. The second kappa shape index (κ2) is 4.99. The van der Waals surface area contributed by atoms with E-state index >= 15 is 0 Å². The van der Waals surface area contributed by atoms with Crippen LogP contribution in [0.4, 0.5) is 0 Å². The van der Waals surface area contributed by atoms with E-state index in [1.165, 1.54) is 0 Å². The van der Waals surface area contributed by atoms with Gasteiger partial charge in [0.25, 0.3) is 0 Å². The smallest absolute Gasteiger partial charge is 0.137 e. The second-order valence-corrected chi connectivity index (χ2v) is 1.25. The first-order valence-electron chi connectivity index (χ1n) is 2.45. The minimum absolute atomic E-state index is 0.299. The molecule has 0 atom stereocenters. The zero-order valence-corrected chi connectivity index (χ0v) is 5.26. The predicted octanol–water partition coefficient (Wildman–Crippen LogP) is -0.282. The third kappa shape index (κ3) is 4.01. The average molecular weight is 120 g/mol. The minimum atomic E-state index is 0.299. The number of rotatable bonds is 4. The summed E-state index contributed by atoms with van der Waals surface area (Å²) < 4.78 is 4.63. The highest BCUT2D eigenvalue weighted by Gasteiger charge is 1.91. The number of nitrogens with zero attached hydrogens (tertiary/aromatic N) is 1. The number of hydrazine groups is 1. The fourth-order valence-electron chi connectivity index (χ4n) is 0.330. The Kier molecular flexibility index (Phi) is 4.89. The SMILES string of the molecule is CCON(N)COC.